The first-order chi connectivity index (χ1) is 7.36. The molecule has 0 saturated heterocycles. The fourth-order valence-electron chi connectivity index (χ4n) is 2.25. The van der Waals surface area contributed by atoms with Gasteiger partial charge in [-0.05, 0) is 81.3 Å². The second-order valence-electron chi connectivity index (χ2n) is 4.81. The lowest BCUT2D eigenvalue weighted by Crippen LogP contribution is -2.04. The van der Waals surface area contributed by atoms with E-state index in [2.05, 4.69) is 34.6 Å². The molecule has 1 nitrogen and oxygen atoms in total. The maximum absolute atomic E-state index is 11.1. The summed E-state index contributed by atoms with van der Waals surface area (Å²) in [6.07, 6.45) is 1.54. The van der Waals surface area contributed by atoms with Gasteiger partial charge in [0.05, 0.1) is 0 Å². The molecule has 0 bridgehead atoms. The lowest BCUT2D eigenvalue weighted by atomic mass is 9.87. The highest BCUT2D eigenvalue weighted by Gasteiger charge is 2.12. The van der Waals surface area contributed by atoms with Crippen LogP contribution in [0, 0.1) is 34.6 Å². The molecule has 0 heterocycles. The van der Waals surface area contributed by atoms with Crippen LogP contribution in [0.4, 0.5) is 0 Å². The van der Waals surface area contributed by atoms with Crippen LogP contribution >= 0.6 is 0 Å². The van der Waals surface area contributed by atoms with Crippen molar-refractivity contribution in [3.05, 3.63) is 33.4 Å². The molecule has 88 valence electrons. The molecule has 0 spiro atoms. The van der Waals surface area contributed by atoms with Crippen molar-refractivity contribution in [3.63, 3.8) is 0 Å². The number of hydrogen-bond acceptors (Lipinski definition) is 1. The first-order valence-corrected chi connectivity index (χ1v) is 5.91. The van der Waals surface area contributed by atoms with Crippen molar-refractivity contribution >= 4 is 5.78 Å². The van der Waals surface area contributed by atoms with Gasteiger partial charge in [-0.1, -0.05) is 0 Å². The van der Waals surface area contributed by atoms with Crippen molar-refractivity contribution in [2.45, 2.75) is 54.4 Å². The predicted octanol–water partition coefficient (Wildman–Crippen LogP) is 3.75. The fraction of sp³-hybridized carbons (Fsp3) is 0.533. The quantitative estimate of drug-likeness (QED) is 0.755. The van der Waals surface area contributed by atoms with Crippen LogP contribution < -0.4 is 0 Å². The summed E-state index contributed by atoms with van der Waals surface area (Å²) in [6, 6.07) is 0. The lowest BCUT2D eigenvalue weighted by Gasteiger charge is -2.18. The Morgan fingerprint density at radius 3 is 1.56 bits per heavy atom. The molecule has 0 atom stereocenters. The van der Waals surface area contributed by atoms with E-state index in [0.29, 0.717) is 6.42 Å². The van der Waals surface area contributed by atoms with Crippen molar-refractivity contribution in [2.75, 3.05) is 0 Å². The van der Waals surface area contributed by atoms with Gasteiger partial charge in [-0.15, -0.1) is 0 Å². The molecule has 1 aromatic carbocycles. The molecule has 0 aromatic heterocycles. The number of benzene rings is 1. The summed E-state index contributed by atoms with van der Waals surface area (Å²) in [7, 11) is 0. The van der Waals surface area contributed by atoms with Crippen LogP contribution in [0.2, 0.25) is 0 Å². The van der Waals surface area contributed by atoms with Gasteiger partial charge in [-0.25, -0.2) is 0 Å². The minimum absolute atomic E-state index is 0.273. The van der Waals surface area contributed by atoms with Gasteiger partial charge in [0.2, 0.25) is 0 Å². The van der Waals surface area contributed by atoms with Gasteiger partial charge >= 0.3 is 0 Å². The molecule has 0 aliphatic heterocycles. The third-order valence-electron chi connectivity index (χ3n) is 3.88. The number of Topliss-reactive ketones (excluding diaryl/α,β-unsaturated/α-hetero) is 1. The third-order valence-corrected chi connectivity index (χ3v) is 3.88. The maximum Gasteiger partial charge on any atom is 0.130 e. The highest BCUT2D eigenvalue weighted by atomic mass is 16.1. The summed E-state index contributed by atoms with van der Waals surface area (Å²) in [4.78, 5) is 11.1. The van der Waals surface area contributed by atoms with E-state index in [1.54, 1.807) is 6.92 Å². The van der Waals surface area contributed by atoms with Crippen molar-refractivity contribution in [3.8, 4) is 0 Å². The van der Waals surface area contributed by atoms with Gasteiger partial charge in [-0.2, -0.15) is 0 Å². The molecule has 0 unspecified atom stereocenters. The van der Waals surface area contributed by atoms with Gasteiger partial charge < -0.3 is 4.79 Å². The van der Waals surface area contributed by atoms with Crippen molar-refractivity contribution in [1.82, 2.24) is 0 Å². The zero-order valence-corrected chi connectivity index (χ0v) is 11.3. The smallest absolute Gasteiger partial charge is 0.130 e. The van der Waals surface area contributed by atoms with Crippen LogP contribution in [-0.2, 0) is 11.2 Å². The van der Waals surface area contributed by atoms with E-state index in [9.17, 15) is 4.79 Å². The average molecular weight is 218 g/mol. The predicted molar refractivity (Wildman–Crippen MR) is 69.1 cm³/mol. The van der Waals surface area contributed by atoms with E-state index in [4.69, 9.17) is 0 Å². The van der Waals surface area contributed by atoms with Crippen LogP contribution in [0.5, 0.6) is 0 Å². The SMILES string of the molecule is CC(=O)CCc1c(C)c(C)c(C)c(C)c1C. The number of rotatable bonds is 3. The Bertz CT molecular complexity index is 399. The highest BCUT2D eigenvalue weighted by Crippen LogP contribution is 2.26. The fourth-order valence-corrected chi connectivity index (χ4v) is 2.25. The zero-order chi connectivity index (χ0) is 12.5. The van der Waals surface area contributed by atoms with Gasteiger partial charge in [0.25, 0.3) is 0 Å². The van der Waals surface area contributed by atoms with E-state index >= 15 is 0 Å². The monoisotopic (exact) mass is 218 g/mol. The molecule has 1 rings (SSSR count). The zero-order valence-electron chi connectivity index (χ0n) is 11.3. The Balaban J connectivity index is 3.23. The Hall–Kier alpha value is -1.11. The Kier molecular flexibility index (Phi) is 3.90. The van der Waals surface area contributed by atoms with E-state index in [1.807, 2.05) is 0 Å². The van der Waals surface area contributed by atoms with Gasteiger partial charge in [0.1, 0.15) is 5.78 Å². The topological polar surface area (TPSA) is 17.1 Å². The molecule has 0 fully saturated rings. The second-order valence-corrected chi connectivity index (χ2v) is 4.81. The lowest BCUT2D eigenvalue weighted by molar-refractivity contribution is -0.116. The molecular formula is C15H22O. The molecule has 1 aromatic rings. The normalized spacial score (nSPS) is 10.6. The Morgan fingerprint density at radius 2 is 1.19 bits per heavy atom. The van der Waals surface area contributed by atoms with Crippen LogP contribution in [0.3, 0.4) is 0 Å². The first kappa shape index (κ1) is 13.0. The van der Waals surface area contributed by atoms with Crippen LogP contribution in [-0.4, -0.2) is 5.78 Å². The molecular weight excluding hydrogens is 196 g/mol. The standard InChI is InChI=1S/C15H22O/c1-9(16)7-8-15-13(5)11(3)10(2)12(4)14(15)6/h7-8H2,1-6H3. The Morgan fingerprint density at radius 1 is 0.812 bits per heavy atom. The van der Waals surface area contributed by atoms with Crippen LogP contribution in [0.1, 0.15) is 46.7 Å². The molecule has 0 aliphatic rings. The average Bonchev–Trinajstić information content (AvgIpc) is 2.23. The van der Waals surface area contributed by atoms with E-state index in [1.165, 1.54) is 33.4 Å². The summed E-state index contributed by atoms with van der Waals surface area (Å²) in [6.45, 7) is 12.5. The molecule has 1 heteroatoms. The minimum Gasteiger partial charge on any atom is -0.300 e. The van der Waals surface area contributed by atoms with Gasteiger partial charge in [0.15, 0.2) is 0 Å². The summed E-state index contributed by atoms with van der Waals surface area (Å²) in [5.74, 6) is 0.273. The number of ketones is 1. The maximum atomic E-state index is 11.1. The van der Waals surface area contributed by atoms with Crippen molar-refractivity contribution in [2.24, 2.45) is 0 Å². The van der Waals surface area contributed by atoms with E-state index < -0.39 is 0 Å². The number of hydrogen-bond donors (Lipinski definition) is 0. The second kappa shape index (κ2) is 4.82. The van der Waals surface area contributed by atoms with E-state index in [-0.39, 0.29) is 5.78 Å². The van der Waals surface area contributed by atoms with Crippen molar-refractivity contribution in [1.29, 1.82) is 0 Å². The van der Waals surface area contributed by atoms with Crippen LogP contribution in [0.15, 0.2) is 0 Å². The third kappa shape index (κ3) is 2.34. The summed E-state index contributed by atoms with van der Waals surface area (Å²) < 4.78 is 0. The van der Waals surface area contributed by atoms with Crippen molar-refractivity contribution < 1.29 is 4.79 Å². The van der Waals surface area contributed by atoms with Crippen LogP contribution in [0.25, 0.3) is 0 Å². The molecule has 0 radical (unpaired) electrons. The molecule has 0 N–H and O–H groups in total. The summed E-state index contributed by atoms with van der Waals surface area (Å²) in [5, 5.41) is 0. The number of carbonyl (C=O) groups excluding carboxylic acids is 1. The Labute approximate surface area is 98.9 Å². The van der Waals surface area contributed by atoms with Gasteiger partial charge in [0, 0.05) is 6.42 Å². The molecule has 0 amide bonds. The van der Waals surface area contributed by atoms with E-state index in [0.717, 1.165) is 6.42 Å². The largest absolute Gasteiger partial charge is 0.300 e. The highest BCUT2D eigenvalue weighted by molar-refractivity contribution is 5.75. The summed E-state index contributed by atoms with van der Waals surface area (Å²) in [5.41, 5.74) is 8.24. The first-order valence-electron chi connectivity index (χ1n) is 5.91. The van der Waals surface area contributed by atoms with Gasteiger partial charge in [-0.3, -0.25) is 0 Å². The molecule has 0 aliphatic carbocycles. The molecule has 0 saturated carbocycles. The summed E-state index contributed by atoms with van der Waals surface area (Å²) >= 11 is 0. The molecule has 16 heavy (non-hydrogen) atoms. The minimum atomic E-state index is 0.273. The number of carbonyl (C=O) groups is 1.